The topological polar surface area (TPSA) is 17.1 Å². The molecule has 0 heterocycles. The number of benzene rings is 2. The van der Waals surface area contributed by atoms with Gasteiger partial charge < -0.3 is 0 Å². The minimum atomic E-state index is -0.280. The van der Waals surface area contributed by atoms with Crippen LogP contribution in [-0.2, 0) is 24.1 Å². The predicted octanol–water partition coefficient (Wildman–Crippen LogP) is 4.15. The molecule has 0 saturated carbocycles. The van der Waals surface area contributed by atoms with Gasteiger partial charge in [0.05, 0.1) is 0 Å². The van der Waals surface area contributed by atoms with Crippen molar-refractivity contribution in [3.05, 3.63) is 59.2 Å². The van der Waals surface area contributed by atoms with Gasteiger partial charge in [-0.1, -0.05) is 42.5 Å². The van der Waals surface area contributed by atoms with Crippen molar-refractivity contribution in [2.24, 2.45) is 0 Å². The molecule has 1 aliphatic rings. The molecule has 1 aliphatic carbocycles. The summed E-state index contributed by atoms with van der Waals surface area (Å²) in [6, 6.07) is 14.5. The largest absolute Gasteiger partial charge is 0.281 e. The highest BCUT2D eigenvalue weighted by Gasteiger charge is 2.19. The number of halogens is 1. The Labute approximate surface area is 118 Å². The molecule has 0 aromatic heterocycles. The zero-order chi connectivity index (χ0) is 13.2. The summed E-state index contributed by atoms with van der Waals surface area (Å²) in [6.45, 7) is 0. The molecular weight excluding hydrogens is 256 g/mol. The highest BCUT2D eigenvalue weighted by molar-refractivity contribution is 6.63. The standard InChI is InChI=1S/C17H15ClO/c18-17(19)11-16-14-8-4-7-13(14)9-10-15(16)12-5-2-1-3-6-12/h1-3,5-6,9-10H,4,7-8,11H2. The number of carbonyl (C=O) groups is 1. The maximum absolute atomic E-state index is 11.4. The second-order valence-corrected chi connectivity index (χ2v) is 5.40. The van der Waals surface area contributed by atoms with Crippen molar-refractivity contribution in [3.8, 4) is 11.1 Å². The molecule has 0 aliphatic heterocycles. The van der Waals surface area contributed by atoms with Gasteiger partial charge in [-0.05, 0) is 58.7 Å². The second-order valence-electron chi connectivity index (χ2n) is 4.98. The van der Waals surface area contributed by atoms with Gasteiger partial charge in [0.2, 0.25) is 5.24 Å². The highest BCUT2D eigenvalue weighted by atomic mass is 35.5. The van der Waals surface area contributed by atoms with Crippen LogP contribution in [-0.4, -0.2) is 5.24 Å². The third kappa shape index (κ3) is 2.43. The smallest absolute Gasteiger partial charge is 0.226 e. The number of hydrogen-bond acceptors (Lipinski definition) is 1. The Morgan fingerprint density at radius 3 is 2.58 bits per heavy atom. The van der Waals surface area contributed by atoms with Gasteiger partial charge in [0.1, 0.15) is 0 Å². The Bertz CT molecular complexity index is 617. The van der Waals surface area contributed by atoms with Crippen LogP contribution >= 0.6 is 11.6 Å². The number of carbonyl (C=O) groups excluding carboxylic acids is 1. The molecule has 0 fully saturated rings. The lowest BCUT2D eigenvalue weighted by Gasteiger charge is -2.13. The molecule has 96 valence electrons. The van der Waals surface area contributed by atoms with Crippen LogP contribution in [0.5, 0.6) is 0 Å². The van der Waals surface area contributed by atoms with Gasteiger partial charge in [-0.2, -0.15) is 0 Å². The van der Waals surface area contributed by atoms with Crippen LogP contribution in [0.4, 0.5) is 0 Å². The van der Waals surface area contributed by atoms with E-state index >= 15 is 0 Å². The van der Waals surface area contributed by atoms with Crippen LogP contribution in [0.1, 0.15) is 23.1 Å². The summed E-state index contributed by atoms with van der Waals surface area (Å²) in [7, 11) is 0. The Balaban J connectivity index is 2.16. The van der Waals surface area contributed by atoms with E-state index in [9.17, 15) is 4.79 Å². The van der Waals surface area contributed by atoms with E-state index in [0.29, 0.717) is 6.42 Å². The molecule has 0 saturated heterocycles. The van der Waals surface area contributed by atoms with Gasteiger partial charge in [0.15, 0.2) is 0 Å². The normalized spacial score (nSPS) is 13.3. The SMILES string of the molecule is O=C(Cl)Cc1c(-c2ccccc2)ccc2c1CCC2. The fraction of sp³-hybridized carbons (Fsp3) is 0.235. The summed E-state index contributed by atoms with van der Waals surface area (Å²) in [5.74, 6) is 0. The summed E-state index contributed by atoms with van der Waals surface area (Å²) in [5.41, 5.74) is 6.16. The summed E-state index contributed by atoms with van der Waals surface area (Å²) >= 11 is 5.63. The number of fused-ring (bicyclic) bond motifs is 1. The molecule has 0 atom stereocenters. The third-order valence-electron chi connectivity index (χ3n) is 3.80. The van der Waals surface area contributed by atoms with E-state index in [1.165, 1.54) is 17.5 Å². The first kappa shape index (κ1) is 12.4. The van der Waals surface area contributed by atoms with E-state index in [4.69, 9.17) is 11.6 Å². The maximum atomic E-state index is 11.4. The molecule has 3 rings (SSSR count). The van der Waals surface area contributed by atoms with E-state index in [1.54, 1.807) is 0 Å². The van der Waals surface area contributed by atoms with Crippen molar-refractivity contribution in [1.29, 1.82) is 0 Å². The van der Waals surface area contributed by atoms with Gasteiger partial charge in [0.25, 0.3) is 0 Å². The van der Waals surface area contributed by atoms with Gasteiger partial charge in [-0.15, -0.1) is 0 Å². The quantitative estimate of drug-likeness (QED) is 0.766. The number of rotatable bonds is 3. The molecule has 1 nitrogen and oxygen atoms in total. The summed E-state index contributed by atoms with van der Waals surface area (Å²) in [4.78, 5) is 11.4. The average molecular weight is 271 g/mol. The van der Waals surface area contributed by atoms with Crippen LogP contribution in [0, 0.1) is 0 Å². The van der Waals surface area contributed by atoms with Crippen molar-refractivity contribution >= 4 is 16.8 Å². The average Bonchev–Trinajstić information content (AvgIpc) is 2.88. The Hall–Kier alpha value is -1.60. The van der Waals surface area contributed by atoms with E-state index in [-0.39, 0.29) is 5.24 Å². The van der Waals surface area contributed by atoms with E-state index in [1.807, 2.05) is 18.2 Å². The molecule has 0 spiro atoms. The number of hydrogen-bond donors (Lipinski definition) is 0. The van der Waals surface area contributed by atoms with E-state index < -0.39 is 0 Å². The first-order valence-electron chi connectivity index (χ1n) is 6.63. The lowest BCUT2D eigenvalue weighted by atomic mass is 9.91. The lowest BCUT2D eigenvalue weighted by Crippen LogP contribution is -2.02. The molecule has 0 N–H and O–H groups in total. The van der Waals surface area contributed by atoms with Gasteiger partial charge in [-0.3, -0.25) is 4.79 Å². The van der Waals surface area contributed by atoms with Crippen LogP contribution in [0.25, 0.3) is 11.1 Å². The molecule has 0 unspecified atom stereocenters. The highest BCUT2D eigenvalue weighted by Crippen LogP contribution is 2.34. The van der Waals surface area contributed by atoms with Crippen molar-refractivity contribution in [2.75, 3.05) is 0 Å². The monoisotopic (exact) mass is 270 g/mol. The van der Waals surface area contributed by atoms with Crippen molar-refractivity contribution < 1.29 is 4.79 Å². The van der Waals surface area contributed by atoms with Gasteiger partial charge in [-0.25, -0.2) is 0 Å². The predicted molar refractivity (Wildman–Crippen MR) is 78.5 cm³/mol. The fourth-order valence-corrected chi connectivity index (χ4v) is 3.11. The lowest BCUT2D eigenvalue weighted by molar-refractivity contribution is -0.111. The summed E-state index contributed by atoms with van der Waals surface area (Å²) in [6.07, 6.45) is 3.69. The fourth-order valence-electron chi connectivity index (χ4n) is 2.97. The molecule has 2 heteroatoms. The second kappa shape index (κ2) is 5.18. The molecule has 0 bridgehead atoms. The molecule has 2 aromatic rings. The Morgan fingerprint density at radius 1 is 1.05 bits per heavy atom. The molecule has 2 aromatic carbocycles. The summed E-state index contributed by atoms with van der Waals surface area (Å²) < 4.78 is 0. The van der Waals surface area contributed by atoms with E-state index in [2.05, 4.69) is 24.3 Å². The molecule has 0 amide bonds. The first-order valence-corrected chi connectivity index (χ1v) is 7.01. The molecular formula is C17H15ClO. The van der Waals surface area contributed by atoms with Crippen LogP contribution in [0.3, 0.4) is 0 Å². The van der Waals surface area contributed by atoms with Crippen LogP contribution in [0.2, 0.25) is 0 Å². The van der Waals surface area contributed by atoms with Gasteiger partial charge in [0, 0.05) is 6.42 Å². The van der Waals surface area contributed by atoms with Crippen LogP contribution in [0.15, 0.2) is 42.5 Å². The zero-order valence-electron chi connectivity index (χ0n) is 10.7. The maximum Gasteiger partial charge on any atom is 0.226 e. The first-order chi connectivity index (χ1) is 9.25. The van der Waals surface area contributed by atoms with Crippen molar-refractivity contribution in [3.63, 3.8) is 0 Å². The Kier molecular flexibility index (Phi) is 3.39. The minimum absolute atomic E-state index is 0.280. The van der Waals surface area contributed by atoms with Gasteiger partial charge >= 0.3 is 0 Å². The molecule has 0 radical (unpaired) electrons. The third-order valence-corrected chi connectivity index (χ3v) is 3.94. The number of aryl methyl sites for hydroxylation is 1. The van der Waals surface area contributed by atoms with Crippen molar-refractivity contribution in [1.82, 2.24) is 0 Å². The zero-order valence-corrected chi connectivity index (χ0v) is 11.4. The molecule has 19 heavy (non-hydrogen) atoms. The van der Waals surface area contributed by atoms with Crippen molar-refractivity contribution in [2.45, 2.75) is 25.7 Å². The van der Waals surface area contributed by atoms with Crippen LogP contribution < -0.4 is 0 Å². The Morgan fingerprint density at radius 2 is 1.84 bits per heavy atom. The minimum Gasteiger partial charge on any atom is -0.281 e. The van der Waals surface area contributed by atoms with E-state index in [0.717, 1.165) is 29.5 Å². The summed E-state index contributed by atoms with van der Waals surface area (Å²) in [5, 5.41) is -0.280.